The highest BCUT2D eigenvalue weighted by atomic mass is 15.2. The van der Waals surface area contributed by atoms with Gasteiger partial charge in [-0.15, -0.1) is 0 Å². The summed E-state index contributed by atoms with van der Waals surface area (Å²) in [5.41, 5.74) is 4.83. The number of hydrogen-bond acceptors (Lipinski definition) is 3. The third kappa shape index (κ3) is 1.88. The van der Waals surface area contributed by atoms with E-state index in [4.69, 9.17) is 0 Å². The lowest BCUT2D eigenvalue weighted by Crippen LogP contribution is -2.29. The highest BCUT2D eigenvalue weighted by Crippen LogP contribution is 2.34. The highest BCUT2D eigenvalue weighted by Gasteiger charge is 2.17. The van der Waals surface area contributed by atoms with Crippen molar-refractivity contribution < 1.29 is 0 Å². The monoisotopic (exact) mass is 239 g/mol. The first-order valence-electron chi connectivity index (χ1n) is 6.27. The van der Waals surface area contributed by atoms with E-state index in [1.54, 1.807) is 0 Å². The van der Waals surface area contributed by atoms with Gasteiger partial charge in [-0.1, -0.05) is 18.2 Å². The number of nitrogens with one attached hydrogen (secondary N) is 2. The lowest BCUT2D eigenvalue weighted by molar-refractivity contribution is 0.927. The van der Waals surface area contributed by atoms with Crippen LogP contribution in [-0.2, 0) is 0 Å². The van der Waals surface area contributed by atoms with Crippen LogP contribution in [0.2, 0.25) is 0 Å². The number of hydrogen-bond donors (Lipinski definition) is 2. The van der Waals surface area contributed by atoms with Crippen LogP contribution in [0.5, 0.6) is 0 Å². The van der Waals surface area contributed by atoms with E-state index in [0.29, 0.717) is 0 Å². The predicted molar refractivity (Wildman–Crippen MR) is 77.9 cm³/mol. The Morgan fingerprint density at radius 3 is 2.89 bits per heavy atom. The molecule has 3 rings (SSSR count). The minimum Gasteiger partial charge on any atom is -0.388 e. The summed E-state index contributed by atoms with van der Waals surface area (Å²) >= 11 is 0. The van der Waals surface area contributed by atoms with Gasteiger partial charge in [0.25, 0.3) is 0 Å². The van der Waals surface area contributed by atoms with E-state index in [1.165, 1.54) is 17.1 Å². The Kier molecular flexibility index (Phi) is 2.81. The van der Waals surface area contributed by atoms with Gasteiger partial charge in [0.15, 0.2) is 0 Å². The van der Waals surface area contributed by atoms with E-state index in [9.17, 15) is 0 Å². The molecular formula is C15H17N3. The Balaban J connectivity index is 2.02. The Hall–Kier alpha value is -2.16. The van der Waals surface area contributed by atoms with E-state index in [2.05, 4.69) is 64.1 Å². The van der Waals surface area contributed by atoms with Crippen LogP contribution in [0.3, 0.4) is 0 Å². The van der Waals surface area contributed by atoms with Crippen molar-refractivity contribution in [3.05, 3.63) is 48.5 Å². The molecule has 18 heavy (non-hydrogen) atoms. The number of para-hydroxylation sites is 2. The maximum atomic E-state index is 3.43. The molecule has 0 aliphatic carbocycles. The van der Waals surface area contributed by atoms with Crippen LogP contribution < -0.4 is 15.5 Å². The van der Waals surface area contributed by atoms with Crippen molar-refractivity contribution in [2.45, 2.75) is 0 Å². The smallest absolute Gasteiger partial charge is 0.0647 e. The molecule has 0 spiro atoms. The molecule has 0 radical (unpaired) electrons. The fourth-order valence-corrected chi connectivity index (χ4v) is 2.38. The van der Waals surface area contributed by atoms with Gasteiger partial charge >= 0.3 is 0 Å². The molecule has 3 nitrogen and oxygen atoms in total. The standard InChI is InChI=1S/C15H17N3/c1-16-12-5-4-6-13(11-12)18-10-9-17-14-7-2-3-8-15(14)18/h2-8,11,16-17H,9-10H2,1H3. The molecule has 0 bridgehead atoms. The molecule has 0 saturated heterocycles. The van der Waals surface area contributed by atoms with Crippen molar-refractivity contribution in [1.82, 2.24) is 0 Å². The fraction of sp³-hybridized carbons (Fsp3) is 0.200. The Morgan fingerprint density at radius 2 is 2.00 bits per heavy atom. The number of nitrogens with zero attached hydrogens (tertiary/aromatic N) is 1. The predicted octanol–water partition coefficient (Wildman–Crippen LogP) is 3.29. The lowest BCUT2D eigenvalue weighted by atomic mass is 10.1. The summed E-state index contributed by atoms with van der Waals surface area (Å²) in [5.74, 6) is 0. The van der Waals surface area contributed by atoms with Crippen molar-refractivity contribution in [2.24, 2.45) is 0 Å². The highest BCUT2D eigenvalue weighted by molar-refractivity contribution is 5.79. The summed E-state index contributed by atoms with van der Waals surface area (Å²) in [5, 5.41) is 6.62. The summed E-state index contributed by atoms with van der Waals surface area (Å²) < 4.78 is 0. The molecule has 0 atom stereocenters. The quantitative estimate of drug-likeness (QED) is 0.842. The van der Waals surface area contributed by atoms with E-state index >= 15 is 0 Å². The van der Waals surface area contributed by atoms with Crippen LogP contribution in [0.4, 0.5) is 22.7 Å². The van der Waals surface area contributed by atoms with Crippen LogP contribution in [0, 0.1) is 0 Å². The summed E-state index contributed by atoms with van der Waals surface area (Å²) in [6, 6.07) is 16.9. The van der Waals surface area contributed by atoms with Crippen molar-refractivity contribution in [1.29, 1.82) is 0 Å². The third-order valence-electron chi connectivity index (χ3n) is 3.29. The van der Waals surface area contributed by atoms with Crippen molar-refractivity contribution in [3.8, 4) is 0 Å². The second-order valence-electron chi connectivity index (χ2n) is 4.40. The van der Waals surface area contributed by atoms with Crippen molar-refractivity contribution in [2.75, 3.05) is 35.7 Å². The molecule has 92 valence electrons. The SMILES string of the molecule is CNc1cccc(N2CCNc3ccccc32)c1. The van der Waals surface area contributed by atoms with Gasteiger partial charge in [0.05, 0.1) is 11.4 Å². The molecule has 2 aromatic rings. The zero-order valence-electron chi connectivity index (χ0n) is 10.5. The van der Waals surface area contributed by atoms with Gasteiger partial charge in [-0.3, -0.25) is 0 Å². The molecule has 0 saturated carbocycles. The number of fused-ring (bicyclic) bond motifs is 1. The van der Waals surface area contributed by atoms with Crippen LogP contribution in [0.25, 0.3) is 0 Å². The summed E-state index contributed by atoms with van der Waals surface area (Å²) in [6.07, 6.45) is 0. The molecule has 0 fully saturated rings. The van der Waals surface area contributed by atoms with E-state index in [-0.39, 0.29) is 0 Å². The van der Waals surface area contributed by atoms with E-state index < -0.39 is 0 Å². The molecule has 2 aromatic carbocycles. The average molecular weight is 239 g/mol. The summed E-state index contributed by atoms with van der Waals surface area (Å²) in [7, 11) is 1.95. The zero-order valence-corrected chi connectivity index (χ0v) is 10.5. The third-order valence-corrected chi connectivity index (χ3v) is 3.29. The van der Waals surface area contributed by atoms with Gasteiger partial charge in [0.1, 0.15) is 0 Å². The molecule has 0 aromatic heterocycles. The number of rotatable bonds is 2. The molecule has 1 aliphatic heterocycles. The minimum absolute atomic E-state index is 0.973. The fourth-order valence-electron chi connectivity index (χ4n) is 2.38. The molecular weight excluding hydrogens is 222 g/mol. The largest absolute Gasteiger partial charge is 0.388 e. The Bertz CT molecular complexity index is 551. The van der Waals surface area contributed by atoms with Crippen molar-refractivity contribution >= 4 is 22.7 Å². The average Bonchev–Trinajstić information content (AvgIpc) is 2.47. The first-order chi connectivity index (χ1) is 8.88. The van der Waals surface area contributed by atoms with Crippen LogP contribution >= 0.6 is 0 Å². The van der Waals surface area contributed by atoms with E-state index in [1.807, 2.05) is 7.05 Å². The van der Waals surface area contributed by atoms with Crippen LogP contribution in [0.15, 0.2) is 48.5 Å². The van der Waals surface area contributed by atoms with Gasteiger partial charge < -0.3 is 15.5 Å². The maximum Gasteiger partial charge on any atom is 0.0647 e. The summed E-state index contributed by atoms with van der Waals surface area (Å²) in [6.45, 7) is 1.96. The van der Waals surface area contributed by atoms with E-state index in [0.717, 1.165) is 18.8 Å². The molecule has 1 heterocycles. The first-order valence-corrected chi connectivity index (χ1v) is 6.27. The maximum absolute atomic E-state index is 3.43. The Labute approximate surface area is 107 Å². The minimum atomic E-state index is 0.973. The van der Waals surface area contributed by atoms with Crippen molar-refractivity contribution in [3.63, 3.8) is 0 Å². The zero-order chi connectivity index (χ0) is 12.4. The number of benzene rings is 2. The normalized spacial score (nSPS) is 13.7. The van der Waals surface area contributed by atoms with Gasteiger partial charge in [-0.05, 0) is 30.3 Å². The van der Waals surface area contributed by atoms with Gasteiger partial charge in [-0.25, -0.2) is 0 Å². The van der Waals surface area contributed by atoms with Crippen LogP contribution in [0.1, 0.15) is 0 Å². The van der Waals surface area contributed by atoms with Gasteiger partial charge in [0.2, 0.25) is 0 Å². The lowest BCUT2D eigenvalue weighted by Gasteiger charge is -2.32. The Morgan fingerprint density at radius 1 is 1.11 bits per heavy atom. The number of anilines is 4. The molecule has 0 amide bonds. The molecule has 1 aliphatic rings. The second-order valence-corrected chi connectivity index (χ2v) is 4.40. The van der Waals surface area contributed by atoms with Gasteiger partial charge in [0, 0.05) is 31.5 Å². The molecule has 3 heteroatoms. The van der Waals surface area contributed by atoms with Gasteiger partial charge in [-0.2, -0.15) is 0 Å². The molecule has 0 unspecified atom stereocenters. The first kappa shape index (κ1) is 11.0. The topological polar surface area (TPSA) is 27.3 Å². The summed E-state index contributed by atoms with van der Waals surface area (Å²) in [4.78, 5) is 2.35. The second kappa shape index (κ2) is 4.61. The molecule has 2 N–H and O–H groups in total. The van der Waals surface area contributed by atoms with Crippen LogP contribution in [-0.4, -0.2) is 20.1 Å².